The molecule has 0 aliphatic heterocycles. The van der Waals surface area contributed by atoms with Gasteiger partial charge in [0.15, 0.2) is 0 Å². The van der Waals surface area contributed by atoms with E-state index >= 15 is 0 Å². The fourth-order valence-corrected chi connectivity index (χ4v) is 3.39. The molecule has 3 aliphatic rings. The molecule has 20 heavy (non-hydrogen) atoms. The molecule has 1 aromatic carbocycles. The first-order valence-corrected chi connectivity index (χ1v) is 7.78. The maximum atomic E-state index is 13.2. The highest BCUT2D eigenvalue weighted by atomic mass is 19.1. The minimum Gasteiger partial charge on any atom is -0.353 e. The zero-order valence-electron chi connectivity index (χ0n) is 11.5. The van der Waals surface area contributed by atoms with Crippen LogP contribution in [0.2, 0.25) is 0 Å². The molecule has 3 fully saturated rings. The largest absolute Gasteiger partial charge is 0.353 e. The third-order valence-electron chi connectivity index (χ3n) is 4.97. The summed E-state index contributed by atoms with van der Waals surface area (Å²) in [7, 11) is 0. The molecule has 1 N–H and O–H groups in total. The minimum absolute atomic E-state index is 0.0665. The molecule has 3 heteroatoms. The van der Waals surface area contributed by atoms with E-state index in [1.807, 2.05) is 6.07 Å². The third kappa shape index (κ3) is 2.46. The van der Waals surface area contributed by atoms with Crippen LogP contribution < -0.4 is 5.32 Å². The lowest BCUT2D eigenvalue weighted by Gasteiger charge is -2.17. The second-order valence-electron chi connectivity index (χ2n) is 6.71. The Bertz CT molecular complexity index is 524. The van der Waals surface area contributed by atoms with Gasteiger partial charge in [-0.2, -0.15) is 0 Å². The highest BCUT2D eigenvalue weighted by molar-refractivity contribution is 5.83. The lowest BCUT2D eigenvalue weighted by molar-refractivity contribution is -0.123. The second kappa shape index (κ2) is 4.57. The third-order valence-corrected chi connectivity index (χ3v) is 4.97. The Kier molecular flexibility index (Phi) is 2.83. The van der Waals surface area contributed by atoms with Crippen molar-refractivity contribution in [2.75, 3.05) is 0 Å². The van der Waals surface area contributed by atoms with Crippen molar-refractivity contribution in [3.8, 4) is 0 Å². The number of amides is 1. The predicted molar refractivity (Wildman–Crippen MR) is 74.6 cm³/mol. The van der Waals surface area contributed by atoms with E-state index in [9.17, 15) is 9.18 Å². The summed E-state index contributed by atoms with van der Waals surface area (Å²) in [5.41, 5.74) is 0.972. The Labute approximate surface area is 118 Å². The monoisotopic (exact) mass is 273 g/mol. The normalized spacial score (nSPS) is 28.5. The molecule has 2 unspecified atom stereocenters. The Hall–Kier alpha value is -1.38. The van der Waals surface area contributed by atoms with Crippen molar-refractivity contribution in [1.82, 2.24) is 5.32 Å². The van der Waals surface area contributed by atoms with E-state index in [-0.39, 0.29) is 23.6 Å². The lowest BCUT2D eigenvalue weighted by Crippen LogP contribution is -2.39. The topological polar surface area (TPSA) is 29.1 Å². The van der Waals surface area contributed by atoms with Gasteiger partial charge in [0, 0.05) is 12.0 Å². The minimum atomic E-state index is -0.206. The Morgan fingerprint density at radius 1 is 1.20 bits per heavy atom. The van der Waals surface area contributed by atoms with Crippen LogP contribution in [0.15, 0.2) is 24.3 Å². The summed E-state index contributed by atoms with van der Waals surface area (Å²) in [6.07, 6.45) is 5.98. The first kappa shape index (κ1) is 12.4. The molecular weight excluding hydrogens is 253 g/mol. The van der Waals surface area contributed by atoms with Crippen LogP contribution in [-0.4, -0.2) is 11.9 Å². The van der Waals surface area contributed by atoms with Gasteiger partial charge in [-0.15, -0.1) is 0 Å². The van der Waals surface area contributed by atoms with Crippen molar-refractivity contribution in [2.45, 2.75) is 44.1 Å². The Balaban J connectivity index is 1.38. The number of carbonyl (C=O) groups is 1. The highest BCUT2D eigenvalue weighted by Gasteiger charge is 2.48. The van der Waals surface area contributed by atoms with Crippen LogP contribution in [0, 0.1) is 23.6 Å². The molecule has 2 nitrogen and oxygen atoms in total. The molecule has 0 aromatic heterocycles. The van der Waals surface area contributed by atoms with Crippen molar-refractivity contribution in [3.63, 3.8) is 0 Å². The molecule has 2 atom stereocenters. The maximum Gasteiger partial charge on any atom is 0.223 e. The summed E-state index contributed by atoms with van der Waals surface area (Å²) in [5, 5.41) is 3.28. The molecule has 0 saturated heterocycles. The van der Waals surface area contributed by atoms with Crippen LogP contribution in [-0.2, 0) is 4.79 Å². The summed E-state index contributed by atoms with van der Waals surface area (Å²) >= 11 is 0. The average molecular weight is 273 g/mol. The van der Waals surface area contributed by atoms with Crippen molar-refractivity contribution < 1.29 is 9.18 Å². The zero-order valence-corrected chi connectivity index (χ0v) is 11.5. The predicted octanol–water partition coefficient (Wildman–Crippen LogP) is 3.23. The first-order chi connectivity index (χ1) is 9.72. The van der Waals surface area contributed by atoms with Crippen LogP contribution in [0.25, 0.3) is 0 Å². The Morgan fingerprint density at radius 3 is 2.50 bits per heavy atom. The van der Waals surface area contributed by atoms with Crippen molar-refractivity contribution in [3.05, 3.63) is 35.6 Å². The van der Waals surface area contributed by atoms with Gasteiger partial charge in [-0.3, -0.25) is 4.79 Å². The van der Waals surface area contributed by atoms with Gasteiger partial charge in [0.1, 0.15) is 5.82 Å². The van der Waals surface area contributed by atoms with Crippen molar-refractivity contribution >= 4 is 5.91 Å². The highest BCUT2D eigenvalue weighted by Crippen LogP contribution is 2.49. The number of benzene rings is 1. The molecule has 0 spiro atoms. The lowest BCUT2D eigenvalue weighted by atomic mass is 10.1. The fourth-order valence-electron chi connectivity index (χ4n) is 3.39. The van der Waals surface area contributed by atoms with Crippen LogP contribution >= 0.6 is 0 Å². The van der Waals surface area contributed by atoms with Gasteiger partial charge >= 0.3 is 0 Å². The molecule has 3 saturated carbocycles. The van der Waals surface area contributed by atoms with E-state index in [0.717, 1.165) is 23.8 Å². The Morgan fingerprint density at radius 2 is 1.90 bits per heavy atom. The summed E-state index contributed by atoms with van der Waals surface area (Å²) in [5.74, 6) is 1.75. The van der Waals surface area contributed by atoms with Crippen LogP contribution in [0.1, 0.15) is 43.6 Å². The molecule has 3 aliphatic carbocycles. The van der Waals surface area contributed by atoms with Gasteiger partial charge in [0.25, 0.3) is 0 Å². The molecule has 0 radical (unpaired) electrons. The van der Waals surface area contributed by atoms with E-state index in [2.05, 4.69) is 5.32 Å². The number of nitrogens with one attached hydrogen (secondary N) is 1. The van der Waals surface area contributed by atoms with Gasteiger partial charge in [0.2, 0.25) is 5.91 Å². The summed E-state index contributed by atoms with van der Waals surface area (Å²) in [4.78, 5) is 12.3. The van der Waals surface area contributed by atoms with Gasteiger partial charge < -0.3 is 5.32 Å². The molecule has 0 bridgehead atoms. The maximum absolute atomic E-state index is 13.2. The summed E-state index contributed by atoms with van der Waals surface area (Å²) in [6, 6.07) is 7.11. The number of carbonyl (C=O) groups excluding carboxylic acids is 1. The van der Waals surface area contributed by atoms with E-state index in [1.54, 1.807) is 12.1 Å². The number of hydrogen-bond donors (Lipinski definition) is 1. The number of halogens is 1. The molecule has 1 aromatic rings. The van der Waals surface area contributed by atoms with Crippen molar-refractivity contribution in [2.24, 2.45) is 17.8 Å². The van der Waals surface area contributed by atoms with Crippen molar-refractivity contribution in [1.29, 1.82) is 0 Å². The smallest absolute Gasteiger partial charge is 0.223 e. The molecule has 4 rings (SSSR count). The molecular formula is C17H20FNO. The number of hydrogen-bond acceptors (Lipinski definition) is 1. The quantitative estimate of drug-likeness (QED) is 0.876. The van der Waals surface area contributed by atoms with E-state index in [0.29, 0.717) is 6.04 Å². The van der Waals surface area contributed by atoms with Crippen LogP contribution in [0.3, 0.4) is 0 Å². The number of rotatable bonds is 5. The molecule has 0 heterocycles. The van der Waals surface area contributed by atoms with Gasteiger partial charge in [-0.1, -0.05) is 12.1 Å². The fraction of sp³-hybridized carbons (Fsp3) is 0.588. The van der Waals surface area contributed by atoms with Crippen LogP contribution in [0.5, 0.6) is 0 Å². The zero-order chi connectivity index (χ0) is 13.7. The average Bonchev–Trinajstić information content (AvgIpc) is 3.26. The van der Waals surface area contributed by atoms with Gasteiger partial charge in [-0.05, 0) is 67.6 Å². The molecule has 106 valence electrons. The first-order valence-electron chi connectivity index (χ1n) is 7.78. The van der Waals surface area contributed by atoms with E-state index in [1.165, 1.54) is 31.7 Å². The van der Waals surface area contributed by atoms with Crippen LogP contribution in [0.4, 0.5) is 4.39 Å². The van der Waals surface area contributed by atoms with Gasteiger partial charge in [0.05, 0.1) is 0 Å². The summed E-state index contributed by atoms with van der Waals surface area (Å²) in [6.45, 7) is 0. The van der Waals surface area contributed by atoms with Gasteiger partial charge in [-0.25, -0.2) is 4.39 Å². The van der Waals surface area contributed by atoms with E-state index in [4.69, 9.17) is 0 Å². The second-order valence-corrected chi connectivity index (χ2v) is 6.71. The van der Waals surface area contributed by atoms with E-state index < -0.39 is 0 Å². The SMILES string of the molecule is O=C(NC(C1CC1)C1CC1)C1CC1c1cccc(F)c1. The molecule has 1 amide bonds. The summed E-state index contributed by atoms with van der Waals surface area (Å²) < 4.78 is 13.2. The standard InChI is InChI=1S/C17H20FNO/c18-13-3-1-2-12(8-13)14-9-15(14)17(20)19-16(10-4-5-10)11-6-7-11/h1-3,8,10-11,14-16H,4-7,9H2,(H,19,20).